The number of pyridine rings is 1. The lowest BCUT2D eigenvalue weighted by atomic mass is 9.85. The van der Waals surface area contributed by atoms with Crippen LogP contribution in [0.3, 0.4) is 0 Å². The first kappa shape index (κ1) is 34.2. The van der Waals surface area contributed by atoms with Crippen LogP contribution in [0, 0.1) is 0 Å². The molecule has 3 atom stereocenters. The van der Waals surface area contributed by atoms with Crippen LogP contribution in [0.5, 0.6) is 5.75 Å². The average molecular weight is 672 g/mol. The molecule has 6 rings (SSSR count). The molecule has 1 aliphatic heterocycles. The van der Waals surface area contributed by atoms with Crippen LogP contribution in [0.15, 0.2) is 48.7 Å². The van der Waals surface area contributed by atoms with Crippen LogP contribution >= 0.6 is 0 Å². The number of hydrogen-bond acceptors (Lipinski definition) is 10. The molecular weight excluding hydrogens is 626 g/mol. The molecule has 0 spiro atoms. The van der Waals surface area contributed by atoms with Crippen LogP contribution in [-0.4, -0.2) is 87.9 Å². The molecule has 4 aromatic rings. The fourth-order valence-corrected chi connectivity index (χ4v) is 6.07. The highest BCUT2D eigenvalue weighted by Gasteiger charge is 2.30. The molecule has 14 nitrogen and oxygen atoms in total. The summed E-state index contributed by atoms with van der Waals surface area (Å²) in [7, 11) is 1.64. The summed E-state index contributed by atoms with van der Waals surface area (Å²) in [6.07, 6.45) is 2.78. The fourth-order valence-electron chi connectivity index (χ4n) is 6.07. The zero-order chi connectivity index (χ0) is 34.5. The molecular formula is C35H45N9O5. The minimum Gasteiger partial charge on any atom is -0.484 e. The van der Waals surface area contributed by atoms with Gasteiger partial charge in [-0.05, 0) is 43.0 Å². The molecule has 0 saturated carbocycles. The number of anilines is 1. The number of ether oxygens (including phenoxy) is 3. The molecule has 49 heavy (non-hydrogen) atoms. The van der Waals surface area contributed by atoms with Crippen LogP contribution in [0.25, 0.3) is 5.65 Å². The lowest BCUT2D eigenvalue weighted by molar-refractivity contribution is 0.0383. The highest BCUT2D eigenvalue weighted by Crippen LogP contribution is 2.39. The monoisotopic (exact) mass is 671 g/mol. The number of hydrogen-bond donors (Lipinski definition) is 3. The molecule has 3 N–H and O–H groups in total. The Labute approximate surface area is 286 Å². The lowest BCUT2D eigenvalue weighted by Gasteiger charge is -2.32. The number of benzene rings is 1. The highest BCUT2D eigenvalue weighted by atomic mass is 16.5. The Morgan fingerprint density at radius 3 is 2.57 bits per heavy atom. The molecule has 1 saturated heterocycles. The van der Waals surface area contributed by atoms with Gasteiger partial charge in [-0.1, -0.05) is 45.0 Å². The van der Waals surface area contributed by atoms with E-state index in [1.54, 1.807) is 13.2 Å². The topological polar surface area (TPSA) is 157 Å². The minimum absolute atomic E-state index is 0.0150. The number of carbonyl (C=O) groups excluding carboxylic acids is 2. The number of morpholine rings is 1. The molecule has 4 heterocycles. The van der Waals surface area contributed by atoms with Crippen molar-refractivity contribution >= 4 is 23.4 Å². The number of aromatic nitrogens is 5. The first-order valence-electron chi connectivity index (χ1n) is 16.8. The summed E-state index contributed by atoms with van der Waals surface area (Å²) >= 11 is 0. The van der Waals surface area contributed by atoms with Gasteiger partial charge >= 0.3 is 6.03 Å². The van der Waals surface area contributed by atoms with E-state index >= 15 is 0 Å². The number of rotatable bonds is 10. The van der Waals surface area contributed by atoms with Crippen molar-refractivity contribution in [2.75, 3.05) is 51.8 Å². The zero-order valence-electron chi connectivity index (χ0n) is 28.7. The van der Waals surface area contributed by atoms with Crippen molar-refractivity contribution in [3.8, 4) is 5.75 Å². The Morgan fingerprint density at radius 2 is 1.82 bits per heavy atom. The molecule has 1 aromatic carbocycles. The fraction of sp³-hybridized carbons (Fsp3) is 0.486. The van der Waals surface area contributed by atoms with Gasteiger partial charge in [0.2, 0.25) is 5.82 Å². The van der Waals surface area contributed by atoms with Crippen molar-refractivity contribution in [2.24, 2.45) is 0 Å². The van der Waals surface area contributed by atoms with Crippen molar-refractivity contribution in [3.63, 3.8) is 0 Å². The third kappa shape index (κ3) is 8.15. The second kappa shape index (κ2) is 14.8. The van der Waals surface area contributed by atoms with E-state index in [9.17, 15) is 9.59 Å². The Kier molecular flexibility index (Phi) is 10.4. The molecule has 14 heteroatoms. The molecule has 0 radical (unpaired) electrons. The Balaban J connectivity index is 1.13. The Bertz CT molecular complexity index is 1780. The molecule has 1 fully saturated rings. The summed E-state index contributed by atoms with van der Waals surface area (Å²) in [5.41, 5.74) is 2.96. The molecule has 0 bridgehead atoms. The van der Waals surface area contributed by atoms with Crippen molar-refractivity contribution in [3.05, 3.63) is 77.1 Å². The van der Waals surface area contributed by atoms with Gasteiger partial charge in [-0.25, -0.2) is 14.8 Å². The molecule has 3 aromatic heterocycles. The quantitative estimate of drug-likeness (QED) is 0.221. The van der Waals surface area contributed by atoms with E-state index in [-0.39, 0.29) is 41.2 Å². The number of methoxy groups -OCH3 is 1. The molecule has 3 amide bonds. The molecule has 1 aliphatic carbocycles. The molecule has 260 valence electrons. The number of fused-ring (bicyclic) bond motifs is 2. The van der Waals surface area contributed by atoms with Crippen molar-refractivity contribution in [2.45, 2.75) is 64.2 Å². The summed E-state index contributed by atoms with van der Waals surface area (Å²) in [4.78, 5) is 37.7. The predicted octanol–water partition coefficient (Wildman–Crippen LogP) is 4.36. The second-order valence-electron chi connectivity index (χ2n) is 13.4. The van der Waals surface area contributed by atoms with Gasteiger partial charge in [0.1, 0.15) is 23.8 Å². The van der Waals surface area contributed by atoms with Crippen LogP contribution in [-0.2, 0) is 14.9 Å². The standard InChI is InChI=1S/C35H45N9O5/c1-22(47-5)32-42-41-30-13-10-23(21-44(30)32)49-27-12-11-26(24-8-6-7-9-25(24)27)37-34(46)40-29-20-28(35(2,3)4)38-31(39-29)33(45)36-14-15-43-16-18-48-19-17-43/h6-10,13,20-22,26-27H,11-12,14-19H2,1-5H3,(H,36,45)(H2,37,38,39,40,46)/t22-,26-,27+/m0/s1. The van der Waals surface area contributed by atoms with Gasteiger partial charge in [0.15, 0.2) is 11.5 Å². The van der Waals surface area contributed by atoms with Crippen molar-refractivity contribution < 1.29 is 23.8 Å². The summed E-state index contributed by atoms with van der Waals surface area (Å²) in [6.45, 7) is 12.2. The summed E-state index contributed by atoms with van der Waals surface area (Å²) in [6, 6.07) is 12.8. The second-order valence-corrected chi connectivity index (χ2v) is 13.4. The maximum absolute atomic E-state index is 13.4. The summed E-state index contributed by atoms with van der Waals surface area (Å²) in [5.74, 6) is 1.26. The third-order valence-electron chi connectivity index (χ3n) is 8.89. The summed E-state index contributed by atoms with van der Waals surface area (Å²) in [5, 5.41) is 17.4. The number of carbonyl (C=O) groups is 2. The van der Waals surface area contributed by atoms with Crippen LogP contribution in [0.2, 0.25) is 0 Å². The van der Waals surface area contributed by atoms with Crippen molar-refractivity contribution in [1.29, 1.82) is 0 Å². The van der Waals surface area contributed by atoms with Crippen LogP contribution in [0.4, 0.5) is 10.6 Å². The van der Waals surface area contributed by atoms with E-state index in [2.05, 4.69) is 41.0 Å². The number of nitrogens with one attached hydrogen (secondary N) is 3. The Morgan fingerprint density at radius 1 is 1.04 bits per heavy atom. The maximum atomic E-state index is 13.4. The van der Waals surface area contributed by atoms with Gasteiger partial charge < -0.3 is 24.8 Å². The number of nitrogens with zero attached hydrogens (tertiary/aromatic N) is 6. The van der Waals surface area contributed by atoms with Gasteiger partial charge in [0, 0.05) is 44.8 Å². The van der Waals surface area contributed by atoms with E-state index in [1.165, 1.54) is 0 Å². The van der Waals surface area contributed by atoms with E-state index in [1.807, 2.05) is 74.7 Å². The first-order chi connectivity index (χ1) is 23.6. The lowest BCUT2D eigenvalue weighted by Crippen LogP contribution is -2.41. The van der Waals surface area contributed by atoms with Gasteiger partial charge in [-0.2, -0.15) is 0 Å². The Hall–Kier alpha value is -4.66. The van der Waals surface area contributed by atoms with E-state index in [0.29, 0.717) is 62.1 Å². The van der Waals surface area contributed by atoms with Crippen LogP contribution in [0.1, 0.15) is 92.1 Å². The zero-order valence-corrected chi connectivity index (χ0v) is 28.7. The maximum Gasteiger partial charge on any atom is 0.320 e. The van der Waals surface area contributed by atoms with Crippen molar-refractivity contribution in [1.82, 2.24) is 40.1 Å². The first-order valence-corrected chi connectivity index (χ1v) is 16.8. The molecule has 2 aliphatic rings. The molecule has 0 unspecified atom stereocenters. The smallest absolute Gasteiger partial charge is 0.320 e. The summed E-state index contributed by atoms with van der Waals surface area (Å²) < 4.78 is 19.2. The highest BCUT2D eigenvalue weighted by molar-refractivity contribution is 5.92. The minimum atomic E-state index is -0.422. The van der Waals surface area contributed by atoms with Gasteiger partial charge in [-0.3, -0.25) is 19.4 Å². The van der Waals surface area contributed by atoms with Gasteiger partial charge in [0.05, 0.1) is 31.1 Å². The third-order valence-corrected chi connectivity index (χ3v) is 8.89. The normalized spacial score (nSPS) is 18.8. The van der Waals surface area contributed by atoms with Gasteiger partial charge in [-0.15, -0.1) is 10.2 Å². The predicted molar refractivity (Wildman–Crippen MR) is 183 cm³/mol. The van der Waals surface area contributed by atoms with E-state index < -0.39 is 6.03 Å². The van der Waals surface area contributed by atoms with Gasteiger partial charge in [0.25, 0.3) is 5.91 Å². The van der Waals surface area contributed by atoms with E-state index in [4.69, 9.17) is 14.2 Å². The van der Waals surface area contributed by atoms with Crippen LogP contribution < -0.4 is 20.7 Å². The SMILES string of the molecule is CO[C@@H](C)c1nnc2ccc(O[C@@H]3CC[C@H](NC(=O)Nc4cc(C(C)(C)C)nc(C(=O)NCCN5CCOCC5)n4)c4ccccc43)cn12. The number of urea groups is 1. The largest absolute Gasteiger partial charge is 0.484 e. The average Bonchev–Trinajstić information content (AvgIpc) is 3.52. The van der Waals surface area contributed by atoms with E-state index in [0.717, 1.165) is 24.2 Å². The number of amides is 3.